The first kappa shape index (κ1) is 29.8. The number of hydrogen-bond acceptors (Lipinski definition) is 8. The van der Waals surface area contributed by atoms with Gasteiger partial charge in [0.15, 0.2) is 16.6 Å². The summed E-state index contributed by atoms with van der Waals surface area (Å²) >= 11 is 0. The molecular weight excluding hydrogens is 461 g/mol. The average Bonchev–Trinajstić information content (AvgIpc) is 2.70. The highest BCUT2D eigenvalue weighted by Crippen LogP contribution is 2.27. The summed E-state index contributed by atoms with van der Waals surface area (Å²) in [6.07, 6.45) is 0. The van der Waals surface area contributed by atoms with Gasteiger partial charge in [0.1, 0.15) is 0 Å². The molecule has 0 unspecified atom stereocenters. The van der Waals surface area contributed by atoms with E-state index in [1.807, 2.05) is 0 Å². The normalized spacial score (nSPS) is 14.1. The van der Waals surface area contributed by atoms with Crippen LogP contribution in [0.3, 0.4) is 0 Å². The number of hydrogen-bond donors (Lipinski definition) is 0. The summed E-state index contributed by atoms with van der Waals surface area (Å²) in [6.45, 7) is 11.1. The first-order valence-electron chi connectivity index (χ1n) is 10.1. The Morgan fingerprint density at radius 2 is 0.793 bits per heavy atom. The van der Waals surface area contributed by atoms with Crippen LogP contribution in [0.5, 0.6) is 0 Å². The van der Waals surface area contributed by atoms with Crippen molar-refractivity contribution in [1.82, 2.24) is 0 Å². The molecule has 0 amide bonds. The minimum Gasteiger partial charge on any atom is -0.439 e. The van der Waals surface area contributed by atoms with E-state index in [0.717, 1.165) is 30.2 Å². The molecule has 29 heavy (non-hydrogen) atoms. The van der Waals surface area contributed by atoms with Gasteiger partial charge in [-0.2, -0.15) is 0 Å². The van der Waals surface area contributed by atoms with E-state index in [2.05, 4.69) is 33.1 Å². The standard InChI is InChI=1S/C16H44O8Si5/c1-12-25(23-26(8,9)13-15-28(17-2,18-3)19-4)24-27(10,11)14-16-29(20-5,21-6)22-7/h25H,12-16H2,1-11H3. The van der Waals surface area contributed by atoms with Gasteiger partial charge in [-0.1, -0.05) is 6.92 Å². The van der Waals surface area contributed by atoms with E-state index in [1.165, 1.54) is 0 Å². The smallest absolute Gasteiger partial charge is 0.439 e. The Morgan fingerprint density at radius 1 is 0.517 bits per heavy atom. The van der Waals surface area contributed by atoms with Gasteiger partial charge in [0.05, 0.1) is 0 Å². The molecule has 0 bridgehead atoms. The third kappa shape index (κ3) is 10.3. The van der Waals surface area contributed by atoms with Crippen molar-refractivity contribution < 1.29 is 34.8 Å². The molecule has 0 atom stereocenters. The second-order valence-corrected chi connectivity index (χ2v) is 26.0. The van der Waals surface area contributed by atoms with Crippen molar-refractivity contribution in [2.75, 3.05) is 42.7 Å². The molecule has 0 radical (unpaired) electrons. The molecule has 0 aliphatic rings. The van der Waals surface area contributed by atoms with Crippen LogP contribution >= 0.6 is 0 Å². The monoisotopic (exact) mass is 504 g/mol. The molecule has 0 heterocycles. The summed E-state index contributed by atoms with van der Waals surface area (Å²) < 4.78 is 46.6. The van der Waals surface area contributed by atoms with Gasteiger partial charge in [-0.05, 0) is 44.3 Å². The third-order valence-corrected chi connectivity index (χ3v) is 22.4. The van der Waals surface area contributed by atoms with Crippen molar-refractivity contribution >= 4 is 43.5 Å². The van der Waals surface area contributed by atoms with Gasteiger partial charge in [0.25, 0.3) is 0 Å². The molecule has 0 spiro atoms. The van der Waals surface area contributed by atoms with Crippen LogP contribution in [0.2, 0.25) is 56.4 Å². The van der Waals surface area contributed by atoms with Gasteiger partial charge in [-0.25, -0.2) is 0 Å². The molecule has 0 saturated heterocycles. The van der Waals surface area contributed by atoms with Gasteiger partial charge in [-0.3, -0.25) is 0 Å². The molecule has 0 saturated carbocycles. The second-order valence-electron chi connectivity index (χ2n) is 8.18. The summed E-state index contributed by atoms with van der Waals surface area (Å²) in [5, 5.41) is 0. The zero-order valence-electron chi connectivity index (χ0n) is 20.4. The molecule has 13 heteroatoms. The SMILES string of the molecule is CC[SiH](O[Si](C)(C)CC[Si](OC)(OC)OC)O[Si](C)(C)CC[Si](OC)(OC)OC. The van der Waals surface area contributed by atoms with Crippen molar-refractivity contribution in [2.45, 2.75) is 63.3 Å². The first-order valence-corrected chi connectivity index (χ1v) is 21.9. The summed E-state index contributed by atoms with van der Waals surface area (Å²) in [5.41, 5.74) is 0. The molecule has 176 valence electrons. The van der Waals surface area contributed by atoms with Crippen LogP contribution in [-0.4, -0.2) is 86.2 Å². The quantitative estimate of drug-likeness (QED) is 0.279. The highest BCUT2D eigenvalue weighted by Gasteiger charge is 2.43. The van der Waals surface area contributed by atoms with Crippen LogP contribution in [0.15, 0.2) is 0 Å². The first-order chi connectivity index (χ1) is 13.4. The van der Waals surface area contributed by atoms with Crippen molar-refractivity contribution in [3.63, 3.8) is 0 Å². The van der Waals surface area contributed by atoms with E-state index < -0.39 is 43.5 Å². The molecule has 0 aromatic carbocycles. The van der Waals surface area contributed by atoms with Crippen molar-refractivity contribution in [2.24, 2.45) is 0 Å². The molecular formula is C16H44O8Si5. The summed E-state index contributed by atoms with van der Waals surface area (Å²) in [5.74, 6) is 0. The fourth-order valence-electron chi connectivity index (χ4n) is 3.04. The fraction of sp³-hybridized carbons (Fsp3) is 1.00. The molecule has 0 aliphatic heterocycles. The lowest BCUT2D eigenvalue weighted by atomic mass is 10.9. The minimum absolute atomic E-state index is 0.755. The largest absolute Gasteiger partial charge is 0.499 e. The van der Waals surface area contributed by atoms with E-state index >= 15 is 0 Å². The van der Waals surface area contributed by atoms with Crippen molar-refractivity contribution in [3.8, 4) is 0 Å². The van der Waals surface area contributed by atoms with Crippen molar-refractivity contribution in [1.29, 1.82) is 0 Å². The second kappa shape index (κ2) is 13.3. The van der Waals surface area contributed by atoms with Crippen LogP contribution in [0.4, 0.5) is 0 Å². The van der Waals surface area contributed by atoms with Crippen LogP contribution in [0, 0.1) is 0 Å². The molecule has 0 N–H and O–H groups in total. The number of rotatable bonds is 17. The summed E-state index contributed by atoms with van der Waals surface area (Å²) in [4.78, 5) is 0. The van der Waals surface area contributed by atoms with Gasteiger partial charge < -0.3 is 34.8 Å². The van der Waals surface area contributed by atoms with Gasteiger partial charge in [0.2, 0.25) is 0 Å². The third-order valence-electron chi connectivity index (χ3n) is 5.17. The van der Waals surface area contributed by atoms with Crippen LogP contribution in [-0.2, 0) is 34.8 Å². The molecule has 0 aromatic rings. The van der Waals surface area contributed by atoms with Crippen LogP contribution in [0.1, 0.15) is 6.92 Å². The van der Waals surface area contributed by atoms with Gasteiger partial charge in [-0.15, -0.1) is 0 Å². The maximum Gasteiger partial charge on any atom is 0.499 e. The Labute approximate surface area is 184 Å². The van der Waals surface area contributed by atoms with E-state index in [9.17, 15) is 0 Å². The van der Waals surface area contributed by atoms with Gasteiger partial charge in [0, 0.05) is 54.7 Å². The van der Waals surface area contributed by atoms with Gasteiger partial charge >= 0.3 is 26.9 Å². The predicted octanol–water partition coefficient (Wildman–Crippen LogP) is 3.43. The molecule has 0 fully saturated rings. The molecule has 0 rings (SSSR count). The Bertz CT molecular complexity index is 392. The highest BCUT2D eigenvalue weighted by atomic mass is 28.4. The van der Waals surface area contributed by atoms with Crippen molar-refractivity contribution in [3.05, 3.63) is 0 Å². The maximum absolute atomic E-state index is 6.63. The van der Waals surface area contributed by atoms with E-state index in [0.29, 0.717) is 0 Å². The van der Waals surface area contributed by atoms with E-state index in [1.54, 1.807) is 42.7 Å². The topological polar surface area (TPSA) is 73.8 Å². The van der Waals surface area contributed by atoms with Crippen LogP contribution < -0.4 is 0 Å². The van der Waals surface area contributed by atoms with E-state index in [4.69, 9.17) is 34.8 Å². The van der Waals surface area contributed by atoms with Crippen LogP contribution in [0.25, 0.3) is 0 Å². The Kier molecular flexibility index (Phi) is 13.7. The lowest BCUT2D eigenvalue weighted by Crippen LogP contribution is -2.49. The maximum atomic E-state index is 6.63. The highest BCUT2D eigenvalue weighted by molar-refractivity contribution is 6.83. The Morgan fingerprint density at radius 3 is 1.00 bits per heavy atom. The Balaban J connectivity index is 4.91. The van der Waals surface area contributed by atoms with E-state index in [-0.39, 0.29) is 0 Å². The summed E-state index contributed by atoms with van der Waals surface area (Å²) in [6, 6.07) is 4.28. The summed E-state index contributed by atoms with van der Waals surface area (Å²) in [7, 11) is -0.905. The molecule has 0 aliphatic carbocycles. The minimum atomic E-state index is -2.58. The lowest BCUT2D eigenvalue weighted by molar-refractivity contribution is 0.124. The average molecular weight is 505 g/mol. The fourth-order valence-corrected chi connectivity index (χ4v) is 21.1. The lowest BCUT2D eigenvalue weighted by Gasteiger charge is -2.35. The molecule has 8 nitrogen and oxygen atoms in total. The molecule has 0 aromatic heterocycles. The zero-order valence-corrected chi connectivity index (χ0v) is 25.5. The zero-order chi connectivity index (χ0) is 22.8. The predicted molar refractivity (Wildman–Crippen MR) is 128 cm³/mol. The Hall–Kier alpha value is 0.764.